The lowest BCUT2D eigenvalue weighted by atomic mass is 9.92. The van der Waals surface area contributed by atoms with Crippen LogP contribution in [0.1, 0.15) is 302 Å². The fraction of sp³-hybridized carbons (Fsp3) is 0.768. The summed E-state index contributed by atoms with van der Waals surface area (Å²) in [6.07, 6.45) is 36.0. The van der Waals surface area contributed by atoms with Gasteiger partial charge in [0.25, 0.3) is 0 Å². The molecule has 20 N–H and O–H groups in total. The van der Waals surface area contributed by atoms with Gasteiger partial charge in [-0.3, -0.25) is 42.9 Å². The summed E-state index contributed by atoms with van der Waals surface area (Å²) < 4.78 is 13.0. The van der Waals surface area contributed by atoms with Crippen LogP contribution in [0, 0.1) is 5.92 Å². The average molecular weight is 1580 g/mol. The van der Waals surface area contributed by atoms with Gasteiger partial charge < -0.3 is 85.9 Å². The summed E-state index contributed by atoms with van der Waals surface area (Å²) in [5, 5.41) is 27.7. The predicted octanol–water partition coefficient (Wildman–Crippen LogP) is 10.4. The Labute approximate surface area is 666 Å². The summed E-state index contributed by atoms with van der Waals surface area (Å²) in [6, 6.07) is 0.715. The highest BCUT2D eigenvalue weighted by atomic mass is 32.2. The first kappa shape index (κ1) is 98.4. The summed E-state index contributed by atoms with van der Waals surface area (Å²) in [5.41, 5.74) is 37.5. The third kappa shape index (κ3) is 43.9. The van der Waals surface area contributed by atoms with Gasteiger partial charge in [0, 0.05) is 48.9 Å². The van der Waals surface area contributed by atoms with Crippen LogP contribution in [-0.2, 0) is 54.4 Å². The van der Waals surface area contributed by atoms with Crippen LogP contribution in [0.15, 0.2) is 29.1 Å². The quantitative estimate of drug-likeness (QED) is 0.0184. The Morgan fingerprint density at radius 3 is 1.43 bits per heavy atom. The number of nitrogens with zero attached hydrogens (tertiary/aromatic N) is 3. The molecule has 3 rings (SSSR count). The number of aromatic amines is 1. The number of hydrogen-bond donors (Lipinski definition) is 14. The number of ketones is 1. The number of nitrogens with one attached hydrogen (secondary N) is 7. The number of Topliss-reactive ketones (excluding diaryl/α,β-unsaturated/α-hetero) is 1. The minimum atomic E-state index is -1.45. The van der Waals surface area contributed by atoms with Crippen molar-refractivity contribution in [1.82, 2.24) is 40.8 Å². The molecule has 0 aliphatic carbocycles. The van der Waals surface area contributed by atoms with E-state index in [9.17, 15) is 48.3 Å². The Morgan fingerprint density at radius 2 is 0.955 bits per heavy atom. The maximum atomic E-state index is 14.6. The number of aromatic nitrogens is 4. The molecule has 0 bridgehead atoms. The van der Waals surface area contributed by atoms with Gasteiger partial charge in [0.2, 0.25) is 35.5 Å². The normalized spacial score (nSPS) is 13.3. The van der Waals surface area contributed by atoms with E-state index in [2.05, 4.69) is 67.6 Å². The summed E-state index contributed by atoms with van der Waals surface area (Å²) >= 11 is 1.22. The van der Waals surface area contributed by atoms with E-state index in [1.54, 1.807) is 24.3 Å². The van der Waals surface area contributed by atoms with E-state index in [1.165, 1.54) is 132 Å². The van der Waals surface area contributed by atoms with E-state index >= 15 is 0 Å². The van der Waals surface area contributed by atoms with E-state index < -0.39 is 102 Å². The number of benzene rings is 1. The Hall–Kier alpha value is -6.76. The maximum absolute atomic E-state index is 14.6. The number of anilines is 3. The van der Waals surface area contributed by atoms with Crippen molar-refractivity contribution < 1.29 is 52.9 Å². The molecule has 0 radical (unpaired) electrons. The van der Waals surface area contributed by atoms with Gasteiger partial charge in [0.15, 0.2) is 17.2 Å². The number of nitrogen functional groups attached to an aromatic ring is 1. The molecule has 2 aromatic heterocycles. The number of unbranched alkanes of at least 4 members (excludes halogenated alkanes) is 29. The topological polar surface area (TPSA) is 467 Å². The number of aliphatic hydroxyl groups is 1. The third-order valence-corrected chi connectivity index (χ3v) is 21.3. The molecule has 5 amide bonds. The number of nitrogens with two attached hydrogens (primary N) is 6. The fourth-order valence-electron chi connectivity index (χ4n) is 13.2. The van der Waals surface area contributed by atoms with Crippen LogP contribution in [-0.4, -0.2) is 166 Å². The standard InChI is InChI=1S/C82H146N16O12S/c1-4-7-10-12-14-16-18-20-22-24-26-28-30-44-71(101)109-58-64(110-72(102)45-31-29-27-25-23-21-19-17-15-13-11-8-5-2)59-111-60-65(87)77(104)94-69(57-99)70(100)55-62(40-32-36-50-83)76(103)91-67(42-34-38-52-85)79(106)93-68(43-35-39-53-86)80(107)92-66(41-33-37-51-84)78(105)90-63-48-46-61(47-49-63)56-98-75-73(95-82(98)108)74(88)96-81(97-75)89-54-9-6-3/h46-49,62,64-69,99H,4-45,50-60,83-87H2,1-3H3,(H,90,105)(H,91,103)(H,92,107)(H,93,106)(H,94,104)(H,95,108)(H3,88,89,96,97)/t62?,64?,65-,66?,67?,68?,69?/m0/s1. The number of fused-ring (bicyclic) bond motifs is 1. The lowest BCUT2D eigenvalue weighted by Crippen LogP contribution is -2.56. The minimum Gasteiger partial charge on any atom is -0.462 e. The summed E-state index contributed by atoms with van der Waals surface area (Å²) in [7, 11) is 0. The maximum Gasteiger partial charge on any atom is 0.328 e. The highest BCUT2D eigenvalue weighted by Crippen LogP contribution is 2.23. The third-order valence-electron chi connectivity index (χ3n) is 20.1. The smallest absolute Gasteiger partial charge is 0.328 e. The van der Waals surface area contributed by atoms with Crippen molar-refractivity contribution in [2.24, 2.45) is 34.6 Å². The zero-order valence-corrected chi connectivity index (χ0v) is 68.8. The van der Waals surface area contributed by atoms with Crippen LogP contribution >= 0.6 is 11.8 Å². The van der Waals surface area contributed by atoms with Crippen molar-refractivity contribution in [2.75, 3.05) is 73.8 Å². The fourth-order valence-corrected chi connectivity index (χ4v) is 14.2. The van der Waals surface area contributed by atoms with E-state index in [1.807, 2.05) is 0 Å². The first-order valence-electron chi connectivity index (χ1n) is 42.6. The molecule has 0 saturated carbocycles. The molecule has 0 fully saturated rings. The number of carbonyl (C=O) groups excluding carboxylic acids is 8. The molecule has 28 nitrogen and oxygen atoms in total. The SMILES string of the molecule is CCCCCCCCCCCCCCCC(=O)OCC(CSC[C@H](N)C(=O)NC(CO)C(=O)CC(CCCCN)C(=O)NC(CCCCN)C(=O)NC(CCCCN)C(=O)NC(CCCCN)C(=O)Nc1ccc(Cn2c(=O)[nH]c3c(N)nc(NCCCC)nc32)cc1)OC(=O)CCCCCCCCCCCCCCC. The largest absolute Gasteiger partial charge is 0.462 e. The second-order valence-electron chi connectivity index (χ2n) is 30.0. The molecular formula is C82H146N16O12S. The van der Waals surface area contributed by atoms with Crippen LogP contribution in [0.25, 0.3) is 11.2 Å². The zero-order chi connectivity index (χ0) is 81.1. The van der Waals surface area contributed by atoms with Crippen molar-refractivity contribution in [3.05, 3.63) is 40.3 Å². The number of amides is 5. The van der Waals surface area contributed by atoms with E-state index in [4.69, 9.17) is 43.9 Å². The highest BCUT2D eigenvalue weighted by molar-refractivity contribution is 7.99. The van der Waals surface area contributed by atoms with Crippen LogP contribution in [0.5, 0.6) is 0 Å². The van der Waals surface area contributed by atoms with Crippen molar-refractivity contribution in [2.45, 2.75) is 340 Å². The molecular weight excluding hydrogens is 1430 g/mol. The number of H-pyrrole nitrogens is 1. The van der Waals surface area contributed by atoms with Gasteiger partial charge in [-0.05, 0) is 134 Å². The number of carbonyl (C=O) groups is 8. The number of thioether (sulfide) groups is 1. The van der Waals surface area contributed by atoms with Gasteiger partial charge in [-0.25, -0.2) is 4.79 Å². The Morgan fingerprint density at radius 1 is 0.514 bits per heavy atom. The average Bonchev–Trinajstić information content (AvgIpc) is 1.64. The van der Waals surface area contributed by atoms with Crippen molar-refractivity contribution in [3.8, 4) is 0 Å². The van der Waals surface area contributed by atoms with Gasteiger partial charge >= 0.3 is 17.6 Å². The van der Waals surface area contributed by atoms with Crippen molar-refractivity contribution >= 4 is 87.6 Å². The number of aliphatic hydroxyl groups excluding tert-OH is 1. The molecule has 0 aliphatic rings. The second-order valence-corrected chi connectivity index (χ2v) is 31.0. The number of ether oxygens (including phenoxy) is 2. The first-order chi connectivity index (χ1) is 53.9. The van der Waals surface area contributed by atoms with Crippen molar-refractivity contribution in [3.63, 3.8) is 0 Å². The monoisotopic (exact) mass is 1580 g/mol. The van der Waals surface area contributed by atoms with Gasteiger partial charge in [-0.1, -0.05) is 200 Å². The Balaban J connectivity index is 1.68. The molecule has 0 saturated heterocycles. The molecule has 1 aromatic carbocycles. The van der Waals surface area contributed by atoms with Gasteiger partial charge in [-0.15, -0.1) is 0 Å². The molecule has 632 valence electrons. The molecule has 6 unspecified atom stereocenters. The predicted molar refractivity (Wildman–Crippen MR) is 446 cm³/mol. The highest BCUT2D eigenvalue weighted by Gasteiger charge is 2.34. The Kier molecular flexibility index (Phi) is 55.6. The number of rotatable bonds is 71. The number of esters is 2. The van der Waals surface area contributed by atoms with Crippen LogP contribution in [0.4, 0.5) is 17.5 Å². The molecule has 7 atom stereocenters. The number of hydrogen-bond acceptors (Lipinski definition) is 22. The van der Waals surface area contributed by atoms with Crippen LogP contribution < -0.4 is 72.0 Å². The first-order valence-corrected chi connectivity index (χ1v) is 43.8. The van der Waals surface area contributed by atoms with Crippen molar-refractivity contribution in [1.29, 1.82) is 0 Å². The van der Waals surface area contributed by atoms with E-state index in [-0.39, 0.29) is 75.0 Å². The van der Waals surface area contributed by atoms with E-state index in [0.717, 1.165) is 51.4 Å². The van der Waals surface area contributed by atoms with Gasteiger partial charge in [0.05, 0.1) is 19.2 Å². The van der Waals surface area contributed by atoms with Gasteiger partial charge in [-0.2, -0.15) is 21.7 Å². The molecule has 3 aromatic rings. The van der Waals surface area contributed by atoms with Crippen LogP contribution in [0.2, 0.25) is 0 Å². The second kappa shape index (κ2) is 62.7. The molecule has 29 heteroatoms. The molecule has 2 heterocycles. The van der Waals surface area contributed by atoms with Gasteiger partial charge in [0.1, 0.15) is 42.4 Å². The molecule has 0 aliphatic heterocycles. The molecule has 0 spiro atoms. The summed E-state index contributed by atoms with van der Waals surface area (Å²) in [6.45, 7) is 7.55. The summed E-state index contributed by atoms with van der Waals surface area (Å²) in [4.78, 5) is 137. The lowest BCUT2D eigenvalue weighted by molar-refractivity contribution is -0.157. The number of imidazole rings is 1. The van der Waals surface area contributed by atoms with Crippen LogP contribution in [0.3, 0.4) is 0 Å². The summed E-state index contributed by atoms with van der Waals surface area (Å²) in [5.74, 6) is -5.15. The zero-order valence-electron chi connectivity index (χ0n) is 68.0. The van der Waals surface area contributed by atoms with E-state index in [0.29, 0.717) is 125 Å². The lowest BCUT2D eigenvalue weighted by Gasteiger charge is -2.27. The minimum absolute atomic E-state index is 0.0133. The Bertz CT molecular complexity index is 3110. The molecule has 111 heavy (non-hydrogen) atoms.